The van der Waals surface area contributed by atoms with Gasteiger partial charge in [0.05, 0.1) is 13.0 Å². The van der Waals surface area contributed by atoms with E-state index in [2.05, 4.69) is 70.2 Å². The minimum absolute atomic E-state index is 0.0414. The van der Waals surface area contributed by atoms with Gasteiger partial charge in [0, 0.05) is 40.6 Å². The second kappa shape index (κ2) is 10.3. The number of amides is 1. The molecule has 0 spiro atoms. The second-order valence-electron chi connectivity index (χ2n) is 9.12. The number of carbonyl (C=O) groups excluding carboxylic acids is 1. The molecule has 5 rings (SSSR count). The fourth-order valence-corrected chi connectivity index (χ4v) is 5.02. The largest absolute Gasteiger partial charge is 0.493 e. The number of rotatable bonds is 8. The van der Waals surface area contributed by atoms with Crippen LogP contribution in [-0.2, 0) is 17.9 Å². The van der Waals surface area contributed by atoms with E-state index in [1.165, 1.54) is 54.3 Å². The number of aromatic nitrogens is 1. The summed E-state index contributed by atoms with van der Waals surface area (Å²) >= 11 is 0. The number of aryl methyl sites for hydroxylation is 1. The highest BCUT2D eigenvalue weighted by molar-refractivity contribution is 6.09. The summed E-state index contributed by atoms with van der Waals surface area (Å²) in [5.41, 5.74) is 4.54. The van der Waals surface area contributed by atoms with E-state index < -0.39 is 0 Å². The van der Waals surface area contributed by atoms with Crippen LogP contribution in [0.15, 0.2) is 66.7 Å². The van der Waals surface area contributed by atoms with Crippen molar-refractivity contribution < 1.29 is 9.53 Å². The summed E-state index contributed by atoms with van der Waals surface area (Å²) in [4.78, 5) is 15.1. The van der Waals surface area contributed by atoms with Crippen LogP contribution >= 0.6 is 0 Å². The van der Waals surface area contributed by atoms with Gasteiger partial charge in [-0.25, -0.2) is 0 Å². The Kier molecular flexibility index (Phi) is 6.82. The topological polar surface area (TPSA) is 46.5 Å². The Bertz CT molecular complexity index is 1270. The van der Waals surface area contributed by atoms with Crippen LogP contribution in [0.1, 0.15) is 38.2 Å². The number of anilines is 1. The number of fused-ring (bicyclic) bond motifs is 3. The first kappa shape index (κ1) is 22.5. The van der Waals surface area contributed by atoms with Crippen LogP contribution in [-0.4, -0.2) is 35.1 Å². The van der Waals surface area contributed by atoms with Gasteiger partial charge in [-0.2, -0.15) is 0 Å². The molecule has 5 heteroatoms. The first-order valence-corrected chi connectivity index (χ1v) is 12.5. The molecule has 0 bridgehead atoms. The van der Waals surface area contributed by atoms with Crippen molar-refractivity contribution in [1.29, 1.82) is 0 Å². The SMILES string of the molecule is CCn1c2ccccc2c2cc(NC(=O)CCOc3ccc(CN4CCCCC4)cc3)ccc21. The van der Waals surface area contributed by atoms with Gasteiger partial charge < -0.3 is 14.6 Å². The third-order valence-corrected chi connectivity index (χ3v) is 6.75. The van der Waals surface area contributed by atoms with Crippen molar-refractivity contribution >= 4 is 33.4 Å². The Balaban J connectivity index is 1.15. The zero-order valence-corrected chi connectivity index (χ0v) is 19.9. The maximum Gasteiger partial charge on any atom is 0.227 e. The standard InChI is InChI=1S/C29H33N3O2/c1-2-32-27-9-5-4-8-25(27)26-20-23(12-15-28(26)32)30-29(33)16-19-34-24-13-10-22(11-14-24)21-31-17-6-3-7-18-31/h4-5,8-15,20H,2-3,6-7,16-19,21H2,1H3,(H,30,33). The van der Waals surface area contributed by atoms with Crippen LogP contribution in [0, 0.1) is 0 Å². The number of likely N-dealkylation sites (tertiary alicyclic amines) is 1. The molecule has 3 aromatic carbocycles. The molecule has 1 aliphatic rings. The predicted molar refractivity (Wildman–Crippen MR) is 139 cm³/mol. The fourth-order valence-electron chi connectivity index (χ4n) is 5.02. The molecule has 176 valence electrons. The van der Waals surface area contributed by atoms with Crippen LogP contribution in [0.2, 0.25) is 0 Å². The number of hydrogen-bond acceptors (Lipinski definition) is 3. The van der Waals surface area contributed by atoms with Gasteiger partial charge in [0.2, 0.25) is 5.91 Å². The van der Waals surface area contributed by atoms with Gasteiger partial charge in [-0.15, -0.1) is 0 Å². The Morgan fingerprint density at radius 3 is 2.47 bits per heavy atom. The molecule has 2 heterocycles. The van der Waals surface area contributed by atoms with Crippen molar-refractivity contribution in [2.75, 3.05) is 25.0 Å². The van der Waals surface area contributed by atoms with Crippen molar-refractivity contribution in [3.63, 3.8) is 0 Å². The van der Waals surface area contributed by atoms with Gasteiger partial charge in [0.15, 0.2) is 0 Å². The van der Waals surface area contributed by atoms with Gasteiger partial charge in [-0.05, 0) is 74.8 Å². The zero-order valence-electron chi connectivity index (χ0n) is 19.9. The number of carbonyl (C=O) groups is 1. The van der Waals surface area contributed by atoms with E-state index in [0.29, 0.717) is 13.0 Å². The van der Waals surface area contributed by atoms with Crippen LogP contribution in [0.3, 0.4) is 0 Å². The van der Waals surface area contributed by atoms with E-state index in [0.717, 1.165) is 29.9 Å². The first-order chi connectivity index (χ1) is 16.7. The number of nitrogens with one attached hydrogen (secondary N) is 1. The molecule has 1 N–H and O–H groups in total. The Hall–Kier alpha value is -3.31. The molecule has 1 saturated heterocycles. The lowest BCUT2D eigenvalue weighted by Crippen LogP contribution is -2.29. The summed E-state index contributed by atoms with van der Waals surface area (Å²) in [6.07, 6.45) is 4.28. The summed E-state index contributed by atoms with van der Waals surface area (Å²) in [6.45, 7) is 6.82. The molecule has 1 aromatic heterocycles. The highest BCUT2D eigenvalue weighted by Crippen LogP contribution is 2.31. The normalized spacial score (nSPS) is 14.5. The average molecular weight is 456 g/mol. The summed E-state index contributed by atoms with van der Waals surface area (Å²) in [7, 11) is 0. The summed E-state index contributed by atoms with van der Waals surface area (Å²) in [5, 5.41) is 5.41. The Morgan fingerprint density at radius 1 is 0.912 bits per heavy atom. The molecule has 1 fully saturated rings. The number of piperidine rings is 1. The minimum atomic E-state index is -0.0414. The van der Waals surface area contributed by atoms with Crippen molar-refractivity contribution in [2.45, 2.75) is 45.7 Å². The highest BCUT2D eigenvalue weighted by Gasteiger charge is 2.12. The lowest BCUT2D eigenvalue weighted by molar-refractivity contribution is -0.116. The number of para-hydroxylation sites is 1. The molecule has 1 amide bonds. The minimum Gasteiger partial charge on any atom is -0.493 e. The predicted octanol–water partition coefficient (Wildman–Crippen LogP) is 6.21. The lowest BCUT2D eigenvalue weighted by atomic mass is 10.1. The van der Waals surface area contributed by atoms with Crippen LogP contribution in [0.25, 0.3) is 21.8 Å². The molecule has 0 atom stereocenters. The van der Waals surface area contributed by atoms with Gasteiger partial charge in [-0.1, -0.05) is 36.8 Å². The molecule has 0 aliphatic carbocycles. The summed E-state index contributed by atoms with van der Waals surface area (Å²) in [5.74, 6) is 0.768. The smallest absolute Gasteiger partial charge is 0.227 e. The lowest BCUT2D eigenvalue weighted by Gasteiger charge is -2.26. The zero-order chi connectivity index (χ0) is 23.3. The second-order valence-corrected chi connectivity index (χ2v) is 9.12. The van der Waals surface area contributed by atoms with Gasteiger partial charge in [0.25, 0.3) is 0 Å². The number of benzene rings is 3. The molecular weight excluding hydrogens is 422 g/mol. The van der Waals surface area contributed by atoms with Crippen molar-refractivity contribution in [1.82, 2.24) is 9.47 Å². The number of hydrogen-bond donors (Lipinski definition) is 1. The van der Waals surface area contributed by atoms with E-state index in [4.69, 9.17) is 4.74 Å². The van der Waals surface area contributed by atoms with E-state index >= 15 is 0 Å². The maximum atomic E-state index is 12.5. The molecule has 0 unspecified atom stereocenters. The molecular formula is C29H33N3O2. The van der Waals surface area contributed by atoms with Gasteiger partial charge >= 0.3 is 0 Å². The van der Waals surface area contributed by atoms with Crippen molar-refractivity contribution in [3.8, 4) is 5.75 Å². The highest BCUT2D eigenvalue weighted by atomic mass is 16.5. The maximum absolute atomic E-state index is 12.5. The van der Waals surface area contributed by atoms with E-state index in [1.54, 1.807) is 0 Å². The van der Waals surface area contributed by atoms with Crippen molar-refractivity contribution in [2.24, 2.45) is 0 Å². The average Bonchev–Trinajstić information content (AvgIpc) is 3.19. The van der Waals surface area contributed by atoms with Crippen LogP contribution < -0.4 is 10.1 Å². The fraction of sp³-hybridized carbons (Fsp3) is 0.345. The summed E-state index contributed by atoms with van der Waals surface area (Å²) in [6, 6.07) is 22.8. The summed E-state index contributed by atoms with van der Waals surface area (Å²) < 4.78 is 8.13. The third kappa shape index (κ3) is 4.95. The molecule has 4 aromatic rings. The molecule has 1 aliphatic heterocycles. The number of nitrogens with zero attached hydrogens (tertiary/aromatic N) is 2. The molecule has 34 heavy (non-hydrogen) atoms. The first-order valence-electron chi connectivity index (χ1n) is 12.5. The Labute approximate surface area is 201 Å². The van der Waals surface area contributed by atoms with Gasteiger partial charge in [0.1, 0.15) is 5.75 Å². The number of ether oxygens (including phenoxy) is 1. The Morgan fingerprint density at radius 2 is 1.68 bits per heavy atom. The quantitative estimate of drug-likeness (QED) is 0.344. The molecule has 5 nitrogen and oxygen atoms in total. The van der Waals surface area contributed by atoms with E-state index in [-0.39, 0.29) is 5.91 Å². The van der Waals surface area contributed by atoms with E-state index in [1.807, 2.05) is 18.2 Å². The van der Waals surface area contributed by atoms with E-state index in [9.17, 15) is 4.79 Å². The van der Waals surface area contributed by atoms with Crippen molar-refractivity contribution in [3.05, 3.63) is 72.3 Å². The van der Waals surface area contributed by atoms with Crippen LogP contribution in [0.4, 0.5) is 5.69 Å². The monoisotopic (exact) mass is 455 g/mol. The van der Waals surface area contributed by atoms with Gasteiger partial charge in [-0.3, -0.25) is 9.69 Å². The third-order valence-electron chi connectivity index (χ3n) is 6.75. The van der Waals surface area contributed by atoms with Crippen LogP contribution in [0.5, 0.6) is 5.75 Å². The molecule has 0 radical (unpaired) electrons. The molecule has 0 saturated carbocycles.